The van der Waals surface area contributed by atoms with Gasteiger partial charge in [-0.25, -0.2) is 4.39 Å². The van der Waals surface area contributed by atoms with E-state index in [9.17, 15) is 32.3 Å². The molecule has 11 heteroatoms. The first kappa shape index (κ1) is 25.2. The third kappa shape index (κ3) is 6.00. The largest absolute Gasteiger partial charge is 0.511 e. The molecule has 0 radical (unpaired) electrons. The molecule has 0 unspecified atom stereocenters. The number of benzene rings is 2. The molecule has 0 fully saturated rings. The molecule has 0 saturated heterocycles. The van der Waals surface area contributed by atoms with Crippen molar-refractivity contribution in [1.82, 2.24) is 0 Å². The Labute approximate surface area is 185 Å². The summed E-state index contributed by atoms with van der Waals surface area (Å²) in [6, 6.07) is 8.27. The summed E-state index contributed by atoms with van der Waals surface area (Å²) in [4.78, 5) is 25.0. The van der Waals surface area contributed by atoms with Gasteiger partial charge in [0.15, 0.2) is 17.5 Å². The van der Waals surface area contributed by atoms with Crippen LogP contribution >= 0.6 is 0 Å². The molecule has 0 saturated carbocycles. The molecule has 1 atom stereocenters. The highest BCUT2D eigenvalue weighted by Gasteiger charge is 2.39. The quantitative estimate of drug-likeness (QED) is 0.202. The average Bonchev–Trinajstić information content (AvgIpc) is 2.74. The second-order valence-electron chi connectivity index (χ2n) is 6.71. The van der Waals surface area contributed by atoms with Crippen molar-refractivity contribution in [2.24, 2.45) is 0 Å². The van der Waals surface area contributed by atoms with Gasteiger partial charge in [-0.15, -0.1) is 0 Å². The lowest BCUT2D eigenvalue weighted by Crippen LogP contribution is -2.31. The zero-order valence-electron chi connectivity index (χ0n) is 17.6. The molecule has 0 aromatic heterocycles. The number of amides is 1. The highest BCUT2D eigenvalue weighted by Crippen LogP contribution is 2.33. The first-order chi connectivity index (χ1) is 15.4. The molecule has 2 rings (SSSR count). The minimum Gasteiger partial charge on any atom is -0.511 e. The lowest BCUT2D eigenvalue weighted by Gasteiger charge is -2.20. The van der Waals surface area contributed by atoms with Crippen molar-refractivity contribution in [3.63, 3.8) is 0 Å². The Morgan fingerprint density at radius 3 is 2.27 bits per heavy atom. The van der Waals surface area contributed by atoms with Crippen molar-refractivity contribution in [1.29, 1.82) is 5.26 Å². The molecule has 0 bridgehead atoms. The number of methoxy groups -OCH3 is 1. The number of anilines is 1. The van der Waals surface area contributed by atoms with E-state index in [1.165, 1.54) is 37.4 Å². The predicted octanol–water partition coefficient (Wildman–Crippen LogP) is 4.69. The zero-order valence-corrected chi connectivity index (χ0v) is 17.6. The third-order valence-corrected chi connectivity index (χ3v) is 4.38. The molecule has 174 valence electrons. The average molecular weight is 466 g/mol. The third-order valence-electron chi connectivity index (χ3n) is 4.38. The summed E-state index contributed by atoms with van der Waals surface area (Å²) in [6.07, 6.45) is -7.17. The van der Waals surface area contributed by atoms with E-state index in [4.69, 9.17) is 14.7 Å². The van der Waals surface area contributed by atoms with E-state index in [1.54, 1.807) is 0 Å². The maximum Gasteiger partial charge on any atom is 0.425 e. The van der Waals surface area contributed by atoms with E-state index in [2.05, 4.69) is 0 Å². The fourth-order valence-corrected chi connectivity index (χ4v) is 2.56. The van der Waals surface area contributed by atoms with Gasteiger partial charge in [0.1, 0.15) is 29.1 Å². The summed E-state index contributed by atoms with van der Waals surface area (Å²) >= 11 is 0. The minimum absolute atomic E-state index is 0.0158. The van der Waals surface area contributed by atoms with Crippen LogP contribution in [0.3, 0.4) is 0 Å². The number of ketones is 1. The van der Waals surface area contributed by atoms with Crippen LogP contribution in [0.4, 0.5) is 23.2 Å². The molecule has 7 nitrogen and oxygen atoms in total. The van der Waals surface area contributed by atoms with Gasteiger partial charge < -0.3 is 19.9 Å². The van der Waals surface area contributed by atoms with Crippen LogP contribution in [0.25, 0.3) is 0 Å². The number of ether oxygens (including phenoxy) is 2. The fraction of sp³-hybridized carbons (Fsp3) is 0.227. The Morgan fingerprint density at radius 1 is 1.18 bits per heavy atom. The molecule has 0 heterocycles. The fourth-order valence-electron chi connectivity index (χ4n) is 2.56. The number of hydrogen-bond donors (Lipinski definition) is 2. The number of carbonyl (C=O) groups excluding carboxylic acids is 2. The Bertz CT molecular complexity index is 1130. The summed E-state index contributed by atoms with van der Waals surface area (Å²) in [5.41, 5.74) is -1.91. The Hall–Kier alpha value is -4.07. The number of rotatable bonds is 7. The molecule has 33 heavy (non-hydrogen) atoms. The van der Waals surface area contributed by atoms with Crippen molar-refractivity contribution >= 4 is 17.4 Å². The highest BCUT2D eigenvalue weighted by molar-refractivity contribution is 6.12. The van der Waals surface area contributed by atoms with Crippen molar-refractivity contribution in [2.75, 3.05) is 12.4 Å². The van der Waals surface area contributed by atoms with Crippen molar-refractivity contribution in [3.05, 3.63) is 64.7 Å². The molecular weight excluding hydrogens is 448 g/mol. The molecule has 2 aromatic carbocycles. The smallest absolute Gasteiger partial charge is 0.425 e. The van der Waals surface area contributed by atoms with Gasteiger partial charge in [0.05, 0.1) is 18.4 Å². The number of halogens is 4. The number of alkyl halides is 3. The summed E-state index contributed by atoms with van der Waals surface area (Å²) in [7, 11) is 1.40. The molecule has 0 aliphatic heterocycles. The van der Waals surface area contributed by atoms with Gasteiger partial charge in [0.25, 0.3) is 5.91 Å². The number of hydrogen-bond acceptors (Lipinski definition) is 6. The number of nitrogens with zero attached hydrogens (tertiary/aromatic N) is 1. The van der Waals surface area contributed by atoms with Gasteiger partial charge in [-0.05, 0) is 44.2 Å². The van der Waals surface area contributed by atoms with E-state index < -0.39 is 58.1 Å². The van der Waals surface area contributed by atoms with Gasteiger partial charge in [0, 0.05) is 11.6 Å². The highest BCUT2D eigenvalue weighted by atomic mass is 19.4. The van der Waals surface area contributed by atoms with Crippen molar-refractivity contribution in [2.45, 2.75) is 26.1 Å². The Kier molecular flexibility index (Phi) is 7.66. The lowest BCUT2D eigenvalue weighted by atomic mass is 10.0. The molecule has 0 aliphatic carbocycles. The van der Waals surface area contributed by atoms with Crippen LogP contribution in [0.2, 0.25) is 0 Å². The number of nitrogens with one attached hydrogen (secondary N) is 1. The SMILES string of the molecule is COc1ccc(C(=O)c2cc(F)c(NC(=O)/C(C#N)=C(/C)O)cc2O[C@@H](C)C(F)(F)F)cc1. The Balaban J connectivity index is 2.55. The van der Waals surface area contributed by atoms with Crippen molar-refractivity contribution in [3.8, 4) is 17.6 Å². The number of allylic oxidation sites excluding steroid dienone is 1. The van der Waals surface area contributed by atoms with Crippen LogP contribution < -0.4 is 14.8 Å². The van der Waals surface area contributed by atoms with E-state index >= 15 is 0 Å². The van der Waals surface area contributed by atoms with E-state index in [0.717, 1.165) is 6.92 Å². The van der Waals surface area contributed by atoms with Crippen LogP contribution in [0.1, 0.15) is 29.8 Å². The standard InChI is InChI=1S/C22H18F4N2O5/c1-11(29)16(10-27)21(31)28-18-9-19(33-12(2)22(24,25)26)15(8-17(18)23)20(30)13-4-6-14(32-3)7-5-13/h4-9,12,29H,1-3H3,(H,28,31)/b16-11-/t12-/m0/s1. The maximum atomic E-state index is 14.7. The predicted molar refractivity (Wildman–Crippen MR) is 109 cm³/mol. The van der Waals surface area contributed by atoms with Gasteiger partial charge in [0.2, 0.25) is 0 Å². The number of nitriles is 1. The first-order valence-electron chi connectivity index (χ1n) is 9.26. The van der Waals surface area contributed by atoms with Crippen LogP contribution in [0.15, 0.2) is 47.7 Å². The van der Waals surface area contributed by atoms with E-state index in [-0.39, 0.29) is 5.56 Å². The molecule has 2 N–H and O–H groups in total. The summed E-state index contributed by atoms with van der Waals surface area (Å²) < 4.78 is 63.8. The topological polar surface area (TPSA) is 109 Å². The summed E-state index contributed by atoms with van der Waals surface area (Å²) in [6.45, 7) is 1.74. The monoisotopic (exact) mass is 466 g/mol. The molecule has 1 amide bonds. The summed E-state index contributed by atoms with van der Waals surface area (Å²) in [5.74, 6) is -4.12. The normalized spacial score (nSPS) is 12.8. The lowest BCUT2D eigenvalue weighted by molar-refractivity contribution is -0.189. The number of aliphatic hydroxyl groups excluding tert-OH is 1. The first-order valence-corrected chi connectivity index (χ1v) is 9.26. The van der Waals surface area contributed by atoms with Gasteiger partial charge in [-0.2, -0.15) is 18.4 Å². The number of aliphatic hydroxyl groups is 1. The van der Waals surface area contributed by atoms with E-state index in [0.29, 0.717) is 24.8 Å². The van der Waals surface area contributed by atoms with E-state index in [1.807, 2.05) is 5.32 Å². The molecule has 2 aromatic rings. The van der Waals surface area contributed by atoms with Gasteiger partial charge in [-0.1, -0.05) is 0 Å². The van der Waals surface area contributed by atoms with Crippen LogP contribution in [-0.2, 0) is 4.79 Å². The molecular formula is C22H18F4N2O5. The van der Waals surface area contributed by atoms with Crippen LogP contribution in [0.5, 0.6) is 11.5 Å². The maximum absolute atomic E-state index is 14.7. The zero-order chi connectivity index (χ0) is 24.9. The van der Waals surface area contributed by atoms with Crippen LogP contribution in [0, 0.1) is 17.1 Å². The number of carbonyl (C=O) groups is 2. The van der Waals surface area contributed by atoms with Crippen molar-refractivity contribution < 1.29 is 41.7 Å². The van der Waals surface area contributed by atoms with Crippen LogP contribution in [-0.4, -0.2) is 36.2 Å². The Morgan fingerprint density at radius 2 is 1.79 bits per heavy atom. The molecule has 0 aliphatic rings. The second-order valence-corrected chi connectivity index (χ2v) is 6.71. The second kappa shape index (κ2) is 10.0. The molecule has 0 spiro atoms. The van der Waals surface area contributed by atoms with Gasteiger partial charge in [-0.3, -0.25) is 9.59 Å². The summed E-state index contributed by atoms with van der Waals surface area (Å²) in [5, 5.41) is 20.3. The minimum atomic E-state index is -4.80. The van der Waals surface area contributed by atoms with Gasteiger partial charge >= 0.3 is 6.18 Å².